The molecule has 5 heteroatoms. The number of rotatable bonds is 6. The number of carbonyl (C=O) groups is 1. The standard InChI is InChI=1S/C12H17NO3S/c1-13(2)9-8-12(14)10-4-6-11(7-5-10)17(15)16-3/h4-7H,8-9H2,1-3H3. The molecule has 0 fully saturated rings. The van der Waals surface area contributed by atoms with E-state index in [2.05, 4.69) is 0 Å². The van der Waals surface area contributed by atoms with Crippen molar-refractivity contribution in [2.24, 2.45) is 0 Å². The van der Waals surface area contributed by atoms with Gasteiger partial charge in [-0.05, 0) is 26.2 Å². The molecule has 1 atom stereocenters. The highest BCUT2D eigenvalue weighted by Crippen LogP contribution is 2.11. The summed E-state index contributed by atoms with van der Waals surface area (Å²) in [5.74, 6) is 0.0912. The van der Waals surface area contributed by atoms with Crippen LogP contribution in [0.5, 0.6) is 0 Å². The Labute approximate surface area is 104 Å². The van der Waals surface area contributed by atoms with Gasteiger partial charge in [-0.3, -0.25) is 8.98 Å². The third-order valence-electron chi connectivity index (χ3n) is 2.31. The molecule has 17 heavy (non-hydrogen) atoms. The van der Waals surface area contributed by atoms with Crippen molar-refractivity contribution in [2.75, 3.05) is 27.7 Å². The van der Waals surface area contributed by atoms with E-state index in [9.17, 15) is 9.00 Å². The summed E-state index contributed by atoms with van der Waals surface area (Å²) in [5.41, 5.74) is 0.642. The second-order valence-electron chi connectivity index (χ2n) is 3.90. The molecular formula is C12H17NO3S. The fourth-order valence-electron chi connectivity index (χ4n) is 1.32. The Balaban J connectivity index is 2.67. The van der Waals surface area contributed by atoms with Gasteiger partial charge in [0.25, 0.3) is 0 Å². The molecule has 0 saturated carbocycles. The van der Waals surface area contributed by atoms with E-state index in [1.54, 1.807) is 24.3 Å². The maximum Gasteiger partial charge on any atom is 0.188 e. The molecule has 1 unspecified atom stereocenters. The number of carbonyl (C=O) groups excluding carboxylic acids is 1. The molecule has 0 spiro atoms. The van der Waals surface area contributed by atoms with E-state index in [0.717, 1.165) is 6.54 Å². The van der Waals surface area contributed by atoms with Crippen LogP contribution in [0.25, 0.3) is 0 Å². The summed E-state index contributed by atoms with van der Waals surface area (Å²) in [5, 5.41) is 0. The molecule has 0 aliphatic carbocycles. The minimum atomic E-state index is -1.44. The maximum atomic E-state index is 11.8. The highest BCUT2D eigenvalue weighted by Gasteiger charge is 2.08. The van der Waals surface area contributed by atoms with Crippen LogP contribution in [0.1, 0.15) is 16.8 Å². The van der Waals surface area contributed by atoms with Crippen molar-refractivity contribution in [1.82, 2.24) is 4.90 Å². The van der Waals surface area contributed by atoms with Crippen LogP contribution in [0.15, 0.2) is 29.2 Å². The Morgan fingerprint density at radius 2 is 1.88 bits per heavy atom. The molecular weight excluding hydrogens is 238 g/mol. The highest BCUT2D eigenvalue weighted by molar-refractivity contribution is 7.80. The van der Waals surface area contributed by atoms with Crippen molar-refractivity contribution in [2.45, 2.75) is 11.3 Å². The van der Waals surface area contributed by atoms with Crippen LogP contribution in [0, 0.1) is 0 Å². The van der Waals surface area contributed by atoms with Crippen LogP contribution in [0.2, 0.25) is 0 Å². The first-order valence-electron chi connectivity index (χ1n) is 5.29. The van der Waals surface area contributed by atoms with E-state index >= 15 is 0 Å². The molecule has 0 radical (unpaired) electrons. The zero-order valence-corrected chi connectivity index (χ0v) is 11.1. The third-order valence-corrected chi connectivity index (χ3v) is 3.27. The van der Waals surface area contributed by atoms with Gasteiger partial charge >= 0.3 is 0 Å². The van der Waals surface area contributed by atoms with Crippen LogP contribution in [-0.2, 0) is 15.3 Å². The average molecular weight is 255 g/mol. The van der Waals surface area contributed by atoms with Gasteiger partial charge in [-0.25, -0.2) is 4.21 Å². The molecule has 0 aromatic heterocycles. The number of Topliss-reactive ketones (excluding diaryl/α,β-unsaturated/α-hetero) is 1. The molecule has 94 valence electrons. The van der Waals surface area contributed by atoms with Crippen molar-refractivity contribution in [3.63, 3.8) is 0 Å². The summed E-state index contributed by atoms with van der Waals surface area (Å²) in [6.45, 7) is 0.727. The van der Waals surface area contributed by atoms with Gasteiger partial charge in [-0.1, -0.05) is 12.1 Å². The minimum Gasteiger partial charge on any atom is -0.309 e. The van der Waals surface area contributed by atoms with E-state index < -0.39 is 11.1 Å². The number of ketones is 1. The molecule has 1 aromatic rings. The highest BCUT2D eigenvalue weighted by atomic mass is 32.2. The zero-order valence-electron chi connectivity index (χ0n) is 10.3. The Morgan fingerprint density at radius 1 is 1.29 bits per heavy atom. The zero-order chi connectivity index (χ0) is 12.8. The first-order chi connectivity index (χ1) is 8.04. The topological polar surface area (TPSA) is 46.6 Å². The largest absolute Gasteiger partial charge is 0.309 e. The molecule has 0 bridgehead atoms. The van der Waals surface area contributed by atoms with Gasteiger partial charge in [0.15, 0.2) is 16.9 Å². The first-order valence-corrected chi connectivity index (χ1v) is 6.36. The molecule has 0 aliphatic rings. The first kappa shape index (κ1) is 14.0. The van der Waals surface area contributed by atoms with E-state index in [4.69, 9.17) is 4.18 Å². The fourth-order valence-corrected chi connectivity index (χ4v) is 1.87. The SMILES string of the molecule is COS(=O)c1ccc(C(=O)CCN(C)C)cc1. The third kappa shape index (κ3) is 4.38. The lowest BCUT2D eigenvalue weighted by molar-refractivity contribution is 0.0972. The summed E-state index contributed by atoms with van der Waals surface area (Å²) in [7, 11) is 5.24. The van der Waals surface area contributed by atoms with Gasteiger partial charge in [0.2, 0.25) is 0 Å². The number of hydrogen-bond donors (Lipinski definition) is 0. The van der Waals surface area contributed by atoms with Gasteiger partial charge in [0.1, 0.15) is 0 Å². The number of nitrogens with zero attached hydrogens (tertiary/aromatic N) is 1. The predicted octanol–water partition coefficient (Wildman–Crippen LogP) is 1.49. The summed E-state index contributed by atoms with van der Waals surface area (Å²) < 4.78 is 16.0. The summed E-state index contributed by atoms with van der Waals surface area (Å²) in [4.78, 5) is 14.3. The molecule has 1 rings (SSSR count). The minimum absolute atomic E-state index is 0.0912. The van der Waals surface area contributed by atoms with Crippen LogP contribution in [-0.4, -0.2) is 42.6 Å². The molecule has 4 nitrogen and oxygen atoms in total. The fraction of sp³-hybridized carbons (Fsp3) is 0.417. The van der Waals surface area contributed by atoms with Gasteiger partial charge in [0, 0.05) is 18.5 Å². The number of benzene rings is 1. The lowest BCUT2D eigenvalue weighted by atomic mass is 10.1. The predicted molar refractivity (Wildman–Crippen MR) is 67.4 cm³/mol. The van der Waals surface area contributed by atoms with Gasteiger partial charge in [0.05, 0.1) is 12.0 Å². The molecule has 0 saturated heterocycles. The molecule has 1 aromatic carbocycles. The van der Waals surface area contributed by atoms with Crippen LogP contribution >= 0.6 is 0 Å². The molecule has 0 aliphatic heterocycles. The molecule has 0 N–H and O–H groups in total. The lowest BCUT2D eigenvalue weighted by Gasteiger charge is -2.08. The van der Waals surface area contributed by atoms with Crippen molar-refractivity contribution in [3.05, 3.63) is 29.8 Å². The van der Waals surface area contributed by atoms with Gasteiger partial charge < -0.3 is 4.90 Å². The van der Waals surface area contributed by atoms with Gasteiger partial charge in [-0.2, -0.15) is 0 Å². The molecule has 0 amide bonds. The van der Waals surface area contributed by atoms with Crippen LogP contribution in [0.4, 0.5) is 0 Å². The van der Waals surface area contributed by atoms with E-state index in [1.807, 2.05) is 19.0 Å². The maximum absolute atomic E-state index is 11.8. The second-order valence-corrected chi connectivity index (χ2v) is 5.18. The van der Waals surface area contributed by atoms with Crippen LogP contribution in [0.3, 0.4) is 0 Å². The van der Waals surface area contributed by atoms with E-state index in [-0.39, 0.29) is 5.78 Å². The Morgan fingerprint density at radius 3 is 2.35 bits per heavy atom. The monoisotopic (exact) mass is 255 g/mol. The summed E-state index contributed by atoms with van der Waals surface area (Å²) in [6, 6.07) is 6.68. The smallest absolute Gasteiger partial charge is 0.188 e. The van der Waals surface area contributed by atoms with Crippen molar-refractivity contribution < 1.29 is 13.2 Å². The second kappa shape index (κ2) is 6.64. The van der Waals surface area contributed by atoms with Crippen molar-refractivity contribution in [1.29, 1.82) is 0 Å². The quantitative estimate of drug-likeness (QED) is 0.723. The number of hydrogen-bond acceptors (Lipinski definition) is 4. The van der Waals surface area contributed by atoms with E-state index in [1.165, 1.54) is 7.11 Å². The Hall–Kier alpha value is -1.04. The molecule has 0 heterocycles. The summed E-state index contributed by atoms with van der Waals surface area (Å²) in [6.07, 6.45) is 0.486. The van der Waals surface area contributed by atoms with E-state index in [0.29, 0.717) is 16.9 Å². The average Bonchev–Trinajstić information content (AvgIpc) is 2.35. The lowest BCUT2D eigenvalue weighted by Crippen LogP contribution is -2.16. The van der Waals surface area contributed by atoms with Crippen molar-refractivity contribution in [3.8, 4) is 0 Å². The Bertz CT molecular complexity index is 401. The normalized spacial score (nSPS) is 12.7. The Kier molecular flexibility index (Phi) is 5.47. The van der Waals surface area contributed by atoms with Gasteiger partial charge in [-0.15, -0.1) is 0 Å². The summed E-state index contributed by atoms with van der Waals surface area (Å²) >= 11 is -1.44. The van der Waals surface area contributed by atoms with Crippen molar-refractivity contribution >= 4 is 16.9 Å². The van der Waals surface area contributed by atoms with Crippen LogP contribution < -0.4 is 0 Å².